The Kier molecular flexibility index (Phi) is 15.4. The molecule has 0 amide bonds. The Morgan fingerprint density at radius 2 is 0.636 bits per heavy atom. The number of carbonyl (C=O) groups is 4. The third kappa shape index (κ3) is 26.4. The van der Waals surface area contributed by atoms with Crippen molar-refractivity contribution in [3.05, 3.63) is 0 Å². The number of hydrogen-bond donors (Lipinski definition) is 4. The fourth-order valence-electron chi connectivity index (χ4n) is 1.47. The van der Waals surface area contributed by atoms with Gasteiger partial charge in [0.15, 0.2) is 0 Å². The molecule has 0 heterocycles. The quantitative estimate of drug-likeness (QED) is 0.400. The van der Waals surface area contributed by atoms with Crippen LogP contribution in [-0.2, 0) is 19.2 Å². The smallest absolute Gasteiger partial charge is 0.303 e. The van der Waals surface area contributed by atoms with Gasteiger partial charge in [0.1, 0.15) is 0 Å². The minimum Gasteiger partial charge on any atom is -0.481 e. The van der Waals surface area contributed by atoms with Crippen LogP contribution in [0.1, 0.15) is 64.2 Å². The van der Waals surface area contributed by atoms with Gasteiger partial charge in [0.2, 0.25) is 0 Å². The first kappa shape index (κ1) is 22.2. The average Bonchev–Trinajstić information content (AvgIpc) is 2.36. The highest BCUT2D eigenvalue weighted by molar-refractivity contribution is 5.70. The first-order valence-electron chi connectivity index (χ1n) is 7.13. The zero-order valence-corrected chi connectivity index (χ0v) is 12.5. The second-order valence-electron chi connectivity index (χ2n) is 4.70. The van der Waals surface area contributed by atoms with E-state index >= 15 is 0 Å². The summed E-state index contributed by atoms with van der Waals surface area (Å²) in [5.41, 5.74) is 0. The van der Waals surface area contributed by atoms with Crippen molar-refractivity contribution in [3.63, 3.8) is 0 Å². The van der Waals surface area contributed by atoms with Crippen LogP contribution in [0.5, 0.6) is 0 Å². The monoisotopic (exact) mass is 320 g/mol. The van der Waals surface area contributed by atoms with Gasteiger partial charge in [-0.05, 0) is 19.3 Å². The predicted octanol–water partition coefficient (Wildman–Crippen LogP) is 2.21. The van der Waals surface area contributed by atoms with E-state index in [1.807, 2.05) is 0 Å². The average molecular weight is 320 g/mol. The molecule has 22 heavy (non-hydrogen) atoms. The van der Waals surface area contributed by atoms with Gasteiger partial charge in [-0.15, -0.1) is 0 Å². The first-order valence-corrected chi connectivity index (χ1v) is 7.13. The lowest BCUT2D eigenvalue weighted by Crippen LogP contribution is -1.98. The van der Waals surface area contributed by atoms with E-state index in [1.54, 1.807) is 0 Å². The highest BCUT2D eigenvalue weighted by Gasteiger charge is 2.00. The van der Waals surface area contributed by atoms with Gasteiger partial charge in [0.05, 0.1) is 0 Å². The Labute approximate surface area is 128 Å². The van der Waals surface area contributed by atoms with Crippen LogP contribution in [-0.4, -0.2) is 44.3 Å². The Morgan fingerprint density at radius 3 is 0.909 bits per heavy atom. The normalized spacial score (nSPS) is 9.45. The van der Waals surface area contributed by atoms with E-state index in [2.05, 4.69) is 0 Å². The van der Waals surface area contributed by atoms with Gasteiger partial charge in [-0.3, -0.25) is 19.2 Å². The minimum absolute atomic E-state index is 0.0632. The number of rotatable bonds is 12. The third-order valence-electron chi connectivity index (χ3n) is 2.56. The summed E-state index contributed by atoms with van der Waals surface area (Å²) >= 11 is 0. The number of carboxylic acid groups (broad SMARTS) is 4. The molecule has 0 spiro atoms. The van der Waals surface area contributed by atoms with Crippen molar-refractivity contribution in [3.8, 4) is 0 Å². The fraction of sp³-hybridized carbons (Fsp3) is 0.714. The number of carboxylic acids is 4. The maximum atomic E-state index is 10.1. The summed E-state index contributed by atoms with van der Waals surface area (Å²) in [6.07, 6.45) is 4.62. The number of unbranched alkanes of at least 4 members (excludes halogenated alkanes) is 4. The van der Waals surface area contributed by atoms with Crippen molar-refractivity contribution in [2.24, 2.45) is 0 Å². The summed E-state index contributed by atoms with van der Waals surface area (Å²) < 4.78 is 0. The lowest BCUT2D eigenvalue weighted by atomic mass is 10.1. The molecular weight excluding hydrogens is 296 g/mol. The second-order valence-corrected chi connectivity index (χ2v) is 4.70. The Hall–Kier alpha value is -2.12. The van der Waals surface area contributed by atoms with Crippen LogP contribution < -0.4 is 0 Å². The highest BCUT2D eigenvalue weighted by atomic mass is 16.4. The lowest BCUT2D eigenvalue weighted by molar-refractivity contribution is -0.139. The Morgan fingerprint density at radius 1 is 0.409 bits per heavy atom. The molecule has 0 saturated carbocycles. The number of hydrogen-bond acceptors (Lipinski definition) is 4. The molecule has 0 aromatic rings. The van der Waals surface area contributed by atoms with E-state index < -0.39 is 23.9 Å². The molecule has 0 radical (unpaired) electrons. The van der Waals surface area contributed by atoms with Crippen molar-refractivity contribution < 1.29 is 39.6 Å². The molecule has 128 valence electrons. The van der Waals surface area contributed by atoms with Gasteiger partial charge < -0.3 is 20.4 Å². The van der Waals surface area contributed by atoms with Gasteiger partial charge in [0, 0.05) is 25.7 Å². The SMILES string of the molecule is O=C(O)CCCC(=O)O.O=C(O)CCCCCCCC(=O)O. The molecule has 0 aromatic heterocycles. The van der Waals surface area contributed by atoms with Crippen LogP contribution in [0.4, 0.5) is 0 Å². The van der Waals surface area contributed by atoms with E-state index in [-0.39, 0.29) is 32.1 Å². The van der Waals surface area contributed by atoms with Crippen LogP contribution in [0, 0.1) is 0 Å². The van der Waals surface area contributed by atoms with Gasteiger partial charge in [-0.25, -0.2) is 0 Å². The summed E-state index contributed by atoms with van der Waals surface area (Å²) in [6.45, 7) is 0. The third-order valence-corrected chi connectivity index (χ3v) is 2.56. The van der Waals surface area contributed by atoms with Crippen molar-refractivity contribution in [2.75, 3.05) is 0 Å². The molecule has 0 fully saturated rings. The molecule has 0 atom stereocenters. The summed E-state index contributed by atoms with van der Waals surface area (Å²) in [5, 5.41) is 32.7. The highest BCUT2D eigenvalue weighted by Crippen LogP contribution is 2.06. The van der Waals surface area contributed by atoms with Gasteiger partial charge in [-0.2, -0.15) is 0 Å². The summed E-state index contributed by atoms with van der Waals surface area (Å²) in [6, 6.07) is 0. The fourth-order valence-corrected chi connectivity index (χ4v) is 1.47. The van der Waals surface area contributed by atoms with Crippen LogP contribution in [0.25, 0.3) is 0 Å². The zero-order chi connectivity index (χ0) is 17.4. The summed E-state index contributed by atoms with van der Waals surface area (Å²) in [4.78, 5) is 39.8. The van der Waals surface area contributed by atoms with Gasteiger partial charge in [-0.1, -0.05) is 19.3 Å². The molecule has 8 heteroatoms. The lowest BCUT2D eigenvalue weighted by Gasteiger charge is -1.97. The Balaban J connectivity index is 0. The van der Waals surface area contributed by atoms with Gasteiger partial charge >= 0.3 is 23.9 Å². The molecule has 0 aliphatic carbocycles. The topological polar surface area (TPSA) is 149 Å². The predicted molar refractivity (Wildman–Crippen MR) is 76.7 cm³/mol. The molecule has 0 saturated heterocycles. The van der Waals surface area contributed by atoms with Gasteiger partial charge in [0.25, 0.3) is 0 Å². The van der Waals surface area contributed by atoms with E-state index in [0.29, 0.717) is 12.8 Å². The molecule has 0 unspecified atom stereocenters. The van der Waals surface area contributed by atoms with E-state index in [4.69, 9.17) is 20.4 Å². The van der Waals surface area contributed by atoms with E-state index in [0.717, 1.165) is 19.3 Å². The standard InChI is InChI=1S/C9H16O4.C5H8O4/c10-8(11)6-4-2-1-3-5-7-9(12)13;6-4(7)2-1-3-5(8)9/h1-7H2,(H,10,11)(H,12,13);1-3H2,(H,6,7)(H,8,9). The summed E-state index contributed by atoms with van der Waals surface area (Å²) in [7, 11) is 0. The largest absolute Gasteiger partial charge is 0.481 e. The molecular formula is C14H24O8. The van der Waals surface area contributed by atoms with Crippen LogP contribution >= 0.6 is 0 Å². The minimum atomic E-state index is -0.948. The molecule has 8 nitrogen and oxygen atoms in total. The molecule has 0 rings (SSSR count). The van der Waals surface area contributed by atoms with Crippen LogP contribution in [0.3, 0.4) is 0 Å². The van der Waals surface area contributed by atoms with Crippen LogP contribution in [0.15, 0.2) is 0 Å². The molecule has 0 aliphatic rings. The van der Waals surface area contributed by atoms with Crippen molar-refractivity contribution in [2.45, 2.75) is 64.2 Å². The van der Waals surface area contributed by atoms with Crippen molar-refractivity contribution >= 4 is 23.9 Å². The molecule has 0 aliphatic heterocycles. The maximum absolute atomic E-state index is 10.1. The summed E-state index contributed by atoms with van der Waals surface area (Å²) in [5.74, 6) is -3.41. The zero-order valence-electron chi connectivity index (χ0n) is 12.5. The Bertz CT molecular complexity index is 319. The van der Waals surface area contributed by atoms with E-state index in [1.165, 1.54) is 0 Å². The first-order chi connectivity index (χ1) is 10.3. The second kappa shape index (κ2) is 15.3. The molecule has 0 aromatic carbocycles. The maximum Gasteiger partial charge on any atom is 0.303 e. The van der Waals surface area contributed by atoms with E-state index in [9.17, 15) is 19.2 Å². The molecule has 0 bridgehead atoms. The van der Waals surface area contributed by atoms with Crippen molar-refractivity contribution in [1.82, 2.24) is 0 Å². The number of aliphatic carboxylic acids is 4. The van der Waals surface area contributed by atoms with Crippen LogP contribution in [0.2, 0.25) is 0 Å². The molecule has 4 N–H and O–H groups in total. The van der Waals surface area contributed by atoms with Crippen molar-refractivity contribution in [1.29, 1.82) is 0 Å².